The number of fused-ring (bicyclic) bond motifs is 1. The molecule has 3 rings (SSSR count). The number of aryl methyl sites for hydroxylation is 1. The molecule has 0 unspecified atom stereocenters. The fourth-order valence-electron chi connectivity index (χ4n) is 2.24. The molecule has 106 valence electrons. The maximum Gasteiger partial charge on any atom is 0.287 e. The first kappa shape index (κ1) is 14.0. The number of hydrogen-bond acceptors (Lipinski definition) is 3. The van der Waals surface area contributed by atoms with Crippen molar-refractivity contribution in [1.82, 2.24) is 14.8 Å². The average Bonchev–Trinajstić information content (AvgIpc) is 2.47. The number of para-hydroxylation sites is 1. The number of aromatic nitrogens is 3. The fourth-order valence-corrected chi connectivity index (χ4v) is 2.52. The summed E-state index contributed by atoms with van der Waals surface area (Å²) in [5.41, 5.74) is 2.34. The maximum atomic E-state index is 12.1. The summed E-state index contributed by atoms with van der Waals surface area (Å²) in [6, 6.07) is 9.73. The van der Waals surface area contributed by atoms with Crippen molar-refractivity contribution in [2.24, 2.45) is 0 Å². The van der Waals surface area contributed by atoms with Crippen molar-refractivity contribution in [3.05, 3.63) is 68.2 Å². The van der Waals surface area contributed by atoms with Gasteiger partial charge in [-0.2, -0.15) is 5.10 Å². The summed E-state index contributed by atoms with van der Waals surface area (Å²) in [6.07, 6.45) is 1.38. The third-order valence-corrected chi connectivity index (χ3v) is 3.94. The van der Waals surface area contributed by atoms with Gasteiger partial charge in [0, 0.05) is 11.1 Å². The Hall–Kier alpha value is -1.91. The summed E-state index contributed by atoms with van der Waals surface area (Å²) in [5.74, 6) is 0. The largest absolute Gasteiger partial charge is 0.287 e. The molecule has 2 heterocycles. The highest BCUT2D eigenvalue weighted by molar-refractivity contribution is 6.41. The van der Waals surface area contributed by atoms with Crippen LogP contribution in [0.15, 0.2) is 41.3 Å². The van der Waals surface area contributed by atoms with Crippen LogP contribution in [0, 0.1) is 6.92 Å². The molecule has 0 N–H and O–H groups in total. The summed E-state index contributed by atoms with van der Waals surface area (Å²) in [6.45, 7) is 2.24. The lowest BCUT2D eigenvalue weighted by atomic mass is 10.1. The van der Waals surface area contributed by atoms with Crippen LogP contribution >= 0.6 is 23.2 Å². The molecule has 2 aromatic heterocycles. The van der Waals surface area contributed by atoms with E-state index in [-0.39, 0.29) is 10.0 Å². The van der Waals surface area contributed by atoms with Crippen molar-refractivity contribution < 1.29 is 0 Å². The van der Waals surface area contributed by atoms with E-state index in [1.54, 1.807) is 0 Å². The Morgan fingerprint density at radius 2 is 2.00 bits per heavy atom. The molecule has 0 aliphatic heterocycles. The molecule has 0 bridgehead atoms. The molecule has 0 aliphatic rings. The minimum atomic E-state index is -0.400. The summed E-state index contributed by atoms with van der Waals surface area (Å²) >= 11 is 11.7. The van der Waals surface area contributed by atoms with Crippen molar-refractivity contribution in [2.45, 2.75) is 13.5 Å². The van der Waals surface area contributed by atoms with Crippen molar-refractivity contribution in [3.8, 4) is 0 Å². The number of halogens is 2. The summed E-state index contributed by atoms with van der Waals surface area (Å²) < 4.78 is 1.30. The molecular weight excluding hydrogens is 309 g/mol. The average molecular weight is 320 g/mol. The van der Waals surface area contributed by atoms with Gasteiger partial charge in [0.25, 0.3) is 5.56 Å². The topological polar surface area (TPSA) is 47.8 Å². The van der Waals surface area contributed by atoms with E-state index in [2.05, 4.69) is 10.1 Å². The van der Waals surface area contributed by atoms with Crippen molar-refractivity contribution >= 4 is 34.1 Å². The van der Waals surface area contributed by atoms with E-state index in [0.717, 1.165) is 22.2 Å². The van der Waals surface area contributed by atoms with Crippen LogP contribution in [0.25, 0.3) is 10.9 Å². The Balaban J connectivity index is 2.15. The number of hydrogen-bond donors (Lipinski definition) is 0. The van der Waals surface area contributed by atoms with Crippen molar-refractivity contribution in [1.29, 1.82) is 0 Å². The van der Waals surface area contributed by atoms with Crippen molar-refractivity contribution in [2.75, 3.05) is 0 Å². The van der Waals surface area contributed by atoms with Crippen molar-refractivity contribution in [3.63, 3.8) is 0 Å². The predicted octanol–water partition coefficient (Wildman–Crippen LogP) is 3.46. The van der Waals surface area contributed by atoms with E-state index in [1.807, 2.05) is 37.3 Å². The van der Waals surface area contributed by atoms with E-state index < -0.39 is 5.56 Å². The Morgan fingerprint density at radius 3 is 2.81 bits per heavy atom. The van der Waals surface area contributed by atoms with E-state index in [1.165, 1.54) is 10.9 Å². The van der Waals surface area contributed by atoms with Crippen LogP contribution < -0.4 is 5.56 Å². The molecule has 1 aromatic carbocycles. The molecule has 0 fully saturated rings. The second kappa shape index (κ2) is 5.47. The molecule has 4 nitrogen and oxygen atoms in total. The number of rotatable bonds is 2. The predicted molar refractivity (Wildman–Crippen MR) is 84.1 cm³/mol. The lowest BCUT2D eigenvalue weighted by Crippen LogP contribution is -2.24. The van der Waals surface area contributed by atoms with Gasteiger partial charge in [0.1, 0.15) is 5.02 Å². The zero-order valence-electron chi connectivity index (χ0n) is 11.2. The minimum Gasteiger partial charge on any atom is -0.266 e. The van der Waals surface area contributed by atoms with Gasteiger partial charge >= 0.3 is 0 Å². The van der Waals surface area contributed by atoms with Gasteiger partial charge in [-0.05, 0) is 24.6 Å². The highest BCUT2D eigenvalue weighted by atomic mass is 35.5. The molecule has 0 amide bonds. The normalized spacial score (nSPS) is 11.0. The molecule has 0 aliphatic carbocycles. The van der Waals surface area contributed by atoms with Gasteiger partial charge in [-0.1, -0.05) is 41.4 Å². The van der Waals surface area contributed by atoms with Gasteiger partial charge in [-0.25, -0.2) is 4.68 Å². The van der Waals surface area contributed by atoms with Crippen LogP contribution in [0.1, 0.15) is 11.3 Å². The van der Waals surface area contributed by atoms with Gasteiger partial charge in [-0.3, -0.25) is 9.78 Å². The highest BCUT2D eigenvalue weighted by Crippen LogP contribution is 2.19. The van der Waals surface area contributed by atoms with Gasteiger partial charge in [-0.15, -0.1) is 0 Å². The van der Waals surface area contributed by atoms with E-state index in [0.29, 0.717) is 6.54 Å². The smallest absolute Gasteiger partial charge is 0.266 e. The zero-order chi connectivity index (χ0) is 15.0. The molecule has 0 radical (unpaired) electrons. The molecule has 0 saturated carbocycles. The first-order valence-electron chi connectivity index (χ1n) is 6.32. The lowest BCUT2D eigenvalue weighted by Gasteiger charge is -2.09. The summed E-state index contributed by atoms with van der Waals surface area (Å²) in [5, 5.41) is 5.18. The number of benzene rings is 1. The molecule has 0 spiro atoms. The SMILES string of the molecule is Cc1cc(Cn2ncc(Cl)c(Cl)c2=O)c2ccccc2n1. The Morgan fingerprint density at radius 1 is 1.24 bits per heavy atom. The van der Waals surface area contributed by atoms with Gasteiger partial charge in [0.2, 0.25) is 0 Å². The Kier molecular flexibility index (Phi) is 3.66. The van der Waals surface area contributed by atoms with E-state index >= 15 is 0 Å². The van der Waals surface area contributed by atoms with Gasteiger partial charge in [0.15, 0.2) is 0 Å². The highest BCUT2D eigenvalue weighted by Gasteiger charge is 2.10. The fraction of sp³-hybridized carbons (Fsp3) is 0.133. The molecule has 0 atom stereocenters. The minimum absolute atomic E-state index is 0.0123. The molecule has 6 heteroatoms. The van der Waals surface area contributed by atoms with E-state index in [4.69, 9.17) is 23.2 Å². The zero-order valence-corrected chi connectivity index (χ0v) is 12.7. The summed E-state index contributed by atoms with van der Waals surface area (Å²) in [4.78, 5) is 16.6. The van der Waals surface area contributed by atoms with E-state index in [9.17, 15) is 4.79 Å². The molecule has 0 saturated heterocycles. The summed E-state index contributed by atoms with van der Waals surface area (Å²) in [7, 11) is 0. The van der Waals surface area contributed by atoms with Crippen LogP contribution in [-0.4, -0.2) is 14.8 Å². The van der Waals surface area contributed by atoms with Gasteiger partial charge < -0.3 is 0 Å². The number of pyridine rings is 1. The second-order valence-corrected chi connectivity index (χ2v) is 5.49. The lowest BCUT2D eigenvalue weighted by molar-refractivity contribution is 0.641. The van der Waals surface area contributed by atoms with Crippen LogP contribution in [0.4, 0.5) is 0 Å². The second-order valence-electron chi connectivity index (χ2n) is 4.71. The van der Waals surface area contributed by atoms with Crippen LogP contribution in [-0.2, 0) is 6.54 Å². The monoisotopic (exact) mass is 319 g/mol. The standard InChI is InChI=1S/C15H11Cl2N3O/c1-9-6-10(11-4-2-3-5-13(11)19-9)8-20-15(21)14(17)12(16)7-18-20/h2-7H,8H2,1H3. The van der Waals surface area contributed by atoms with Crippen LogP contribution in [0.3, 0.4) is 0 Å². The van der Waals surface area contributed by atoms with Crippen LogP contribution in [0.2, 0.25) is 10.0 Å². The quantitative estimate of drug-likeness (QED) is 0.726. The first-order chi connectivity index (χ1) is 10.1. The third kappa shape index (κ3) is 2.64. The first-order valence-corrected chi connectivity index (χ1v) is 7.08. The molecule has 21 heavy (non-hydrogen) atoms. The molecular formula is C15H11Cl2N3O. The maximum absolute atomic E-state index is 12.1. The Bertz CT molecular complexity index is 890. The molecule has 3 aromatic rings. The number of nitrogens with zero attached hydrogens (tertiary/aromatic N) is 3. The van der Waals surface area contributed by atoms with Crippen LogP contribution in [0.5, 0.6) is 0 Å². The van der Waals surface area contributed by atoms with Gasteiger partial charge in [0.05, 0.1) is 23.3 Å². The third-order valence-electron chi connectivity index (χ3n) is 3.19. The Labute approximate surface area is 131 Å².